The third-order valence-corrected chi connectivity index (χ3v) is 4.05. The average molecular weight is 298 g/mol. The number of rotatable bonds is 6. The van der Waals surface area contributed by atoms with E-state index in [0.29, 0.717) is 0 Å². The Bertz CT molecular complexity index is 552. The molecule has 2 atom stereocenters. The maximum atomic E-state index is 11.9. The molecular formula is C14H22N2O3S. The SMILES string of the molecule is Cc1ccc(C(C)NC(=O)C(N)CCS(C)(=O)=O)cc1. The predicted octanol–water partition coefficient (Wildman–Crippen LogP) is 0.934. The fourth-order valence-corrected chi connectivity index (χ4v) is 2.41. The Morgan fingerprint density at radius 1 is 1.30 bits per heavy atom. The maximum absolute atomic E-state index is 11.9. The lowest BCUT2D eigenvalue weighted by Crippen LogP contribution is -2.42. The number of benzene rings is 1. The van der Waals surface area contributed by atoms with Crippen LogP contribution in [0.25, 0.3) is 0 Å². The first kappa shape index (κ1) is 16.7. The van der Waals surface area contributed by atoms with Crippen molar-refractivity contribution in [3.05, 3.63) is 35.4 Å². The standard InChI is InChI=1S/C14H22N2O3S/c1-10-4-6-12(7-5-10)11(2)16-14(17)13(15)8-9-20(3,18)19/h4-7,11,13H,8-9,15H2,1-3H3,(H,16,17). The molecule has 6 heteroatoms. The Morgan fingerprint density at radius 2 is 1.85 bits per heavy atom. The Hall–Kier alpha value is -1.40. The fourth-order valence-electron chi connectivity index (χ4n) is 1.73. The fraction of sp³-hybridized carbons (Fsp3) is 0.500. The van der Waals surface area contributed by atoms with E-state index in [1.165, 1.54) is 0 Å². The number of hydrogen-bond acceptors (Lipinski definition) is 4. The molecule has 0 aliphatic rings. The van der Waals surface area contributed by atoms with Crippen molar-refractivity contribution >= 4 is 15.7 Å². The lowest BCUT2D eigenvalue weighted by atomic mass is 10.1. The Balaban J connectivity index is 2.54. The molecule has 0 saturated carbocycles. The van der Waals surface area contributed by atoms with Crippen LogP contribution in [0.2, 0.25) is 0 Å². The van der Waals surface area contributed by atoms with Gasteiger partial charge in [0.15, 0.2) is 0 Å². The lowest BCUT2D eigenvalue weighted by Gasteiger charge is -2.18. The first-order chi connectivity index (χ1) is 9.19. The van der Waals surface area contributed by atoms with Crippen LogP contribution in [0.5, 0.6) is 0 Å². The van der Waals surface area contributed by atoms with Crippen LogP contribution in [0.4, 0.5) is 0 Å². The van der Waals surface area contributed by atoms with Gasteiger partial charge in [0.1, 0.15) is 9.84 Å². The van der Waals surface area contributed by atoms with Gasteiger partial charge in [-0.05, 0) is 25.8 Å². The molecule has 0 heterocycles. The summed E-state index contributed by atoms with van der Waals surface area (Å²) < 4.78 is 22.1. The van der Waals surface area contributed by atoms with E-state index < -0.39 is 15.9 Å². The smallest absolute Gasteiger partial charge is 0.237 e. The van der Waals surface area contributed by atoms with Crippen molar-refractivity contribution in [2.24, 2.45) is 5.73 Å². The van der Waals surface area contributed by atoms with Crippen molar-refractivity contribution in [3.63, 3.8) is 0 Å². The molecule has 0 aliphatic heterocycles. The van der Waals surface area contributed by atoms with Crippen molar-refractivity contribution in [3.8, 4) is 0 Å². The highest BCUT2D eigenvalue weighted by atomic mass is 32.2. The highest BCUT2D eigenvalue weighted by Gasteiger charge is 2.18. The number of carbonyl (C=O) groups is 1. The van der Waals surface area contributed by atoms with Crippen LogP contribution in [-0.4, -0.2) is 32.4 Å². The van der Waals surface area contributed by atoms with E-state index in [1.54, 1.807) is 0 Å². The number of aryl methyl sites for hydroxylation is 1. The molecule has 20 heavy (non-hydrogen) atoms. The lowest BCUT2D eigenvalue weighted by molar-refractivity contribution is -0.123. The Morgan fingerprint density at radius 3 is 2.35 bits per heavy atom. The summed E-state index contributed by atoms with van der Waals surface area (Å²) in [5, 5.41) is 2.79. The van der Waals surface area contributed by atoms with Gasteiger partial charge < -0.3 is 11.1 Å². The highest BCUT2D eigenvalue weighted by Crippen LogP contribution is 2.13. The summed E-state index contributed by atoms with van der Waals surface area (Å²) in [4.78, 5) is 11.9. The topological polar surface area (TPSA) is 89.3 Å². The van der Waals surface area contributed by atoms with Crippen LogP contribution < -0.4 is 11.1 Å². The summed E-state index contributed by atoms with van der Waals surface area (Å²) in [5.41, 5.74) is 7.83. The van der Waals surface area contributed by atoms with Crippen LogP contribution in [0, 0.1) is 6.92 Å². The molecule has 1 aromatic rings. The van der Waals surface area contributed by atoms with Gasteiger partial charge in [-0.25, -0.2) is 8.42 Å². The number of hydrogen-bond donors (Lipinski definition) is 2. The molecule has 2 unspecified atom stereocenters. The van der Waals surface area contributed by atoms with Gasteiger partial charge in [-0.3, -0.25) is 4.79 Å². The zero-order chi connectivity index (χ0) is 15.3. The van der Waals surface area contributed by atoms with Gasteiger partial charge in [-0.2, -0.15) is 0 Å². The second-order valence-corrected chi connectivity index (χ2v) is 7.43. The van der Waals surface area contributed by atoms with E-state index in [0.717, 1.165) is 17.4 Å². The van der Waals surface area contributed by atoms with Crippen LogP contribution >= 0.6 is 0 Å². The molecule has 0 spiro atoms. The summed E-state index contributed by atoms with van der Waals surface area (Å²) in [7, 11) is -3.10. The molecule has 3 N–H and O–H groups in total. The number of nitrogens with two attached hydrogens (primary N) is 1. The summed E-state index contributed by atoms with van der Waals surface area (Å²) in [6, 6.07) is 6.87. The van der Waals surface area contributed by atoms with E-state index in [9.17, 15) is 13.2 Å². The zero-order valence-electron chi connectivity index (χ0n) is 12.1. The predicted molar refractivity (Wildman–Crippen MR) is 80.0 cm³/mol. The van der Waals surface area contributed by atoms with Gasteiger partial charge in [0, 0.05) is 6.26 Å². The number of amides is 1. The summed E-state index contributed by atoms with van der Waals surface area (Å²) in [5.74, 6) is -0.415. The molecule has 0 saturated heterocycles. The first-order valence-corrected chi connectivity index (χ1v) is 8.55. The molecule has 1 aromatic carbocycles. The summed E-state index contributed by atoms with van der Waals surface area (Å²) >= 11 is 0. The van der Waals surface area contributed by atoms with E-state index in [4.69, 9.17) is 5.73 Å². The largest absolute Gasteiger partial charge is 0.348 e. The number of nitrogens with one attached hydrogen (secondary N) is 1. The van der Waals surface area contributed by atoms with E-state index in [2.05, 4.69) is 5.32 Å². The zero-order valence-corrected chi connectivity index (χ0v) is 12.9. The molecule has 5 nitrogen and oxygen atoms in total. The summed E-state index contributed by atoms with van der Waals surface area (Å²) in [6.45, 7) is 3.86. The second-order valence-electron chi connectivity index (χ2n) is 5.17. The van der Waals surface area contributed by atoms with E-state index >= 15 is 0 Å². The minimum Gasteiger partial charge on any atom is -0.348 e. The van der Waals surface area contributed by atoms with Crippen molar-refractivity contribution in [1.82, 2.24) is 5.32 Å². The number of carbonyl (C=O) groups excluding carboxylic acids is 1. The van der Waals surface area contributed by atoms with Crippen molar-refractivity contribution < 1.29 is 13.2 Å². The minimum atomic E-state index is -3.10. The van der Waals surface area contributed by atoms with Gasteiger partial charge in [-0.1, -0.05) is 29.8 Å². The van der Waals surface area contributed by atoms with Crippen LogP contribution in [0.1, 0.15) is 30.5 Å². The first-order valence-electron chi connectivity index (χ1n) is 6.49. The van der Waals surface area contributed by atoms with Crippen LogP contribution in [0.15, 0.2) is 24.3 Å². The molecule has 112 valence electrons. The molecule has 1 rings (SSSR count). The number of sulfone groups is 1. The van der Waals surface area contributed by atoms with Crippen molar-refractivity contribution in [2.75, 3.05) is 12.0 Å². The van der Waals surface area contributed by atoms with E-state index in [-0.39, 0.29) is 24.1 Å². The molecule has 0 aromatic heterocycles. The van der Waals surface area contributed by atoms with Crippen molar-refractivity contribution in [2.45, 2.75) is 32.4 Å². The monoisotopic (exact) mass is 298 g/mol. The molecule has 0 fully saturated rings. The van der Waals surface area contributed by atoms with Crippen molar-refractivity contribution in [1.29, 1.82) is 0 Å². The van der Waals surface area contributed by atoms with Crippen LogP contribution in [0.3, 0.4) is 0 Å². The molecular weight excluding hydrogens is 276 g/mol. The Kier molecular flexibility index (Phi) is 5.71. The van der Waals surface area contributed by atoms with Gasteiger partial charge in [0.25, 0.3) is 0 Å². The highest BCUT2D eigenvalue weighted by molar-refractivity contribution is 7.90. The third-order valence-electron chi connectivity index (χ3n) is 3.07. The normalized spacial score (nSPS) is 14.6. The van der Waals surface area contributed by atoms with Crippen LogP contribution in [-0.2, 0) is 14.6 Å². The summed E-state index contributed by atoms with van der Waals surface area (Å²) in [6.07, 6.45) is 1.26. The third kappa shape index (κ3) is 5.71. The maximum Gasteiger partial charge on any atom is 0.237 e. The molecule has 0 bridgehead atoms. The quantitative estimate of drug-likeness (QED) is 0.817. The average Bonchev–Trinajstić information content (AvgIpc) is 2.35. The molecule has 0 aliphatic carbocycles. The minimum absolute atomic E-state index is 0.0828. The van der Waals surface area contributed by atoms with Gasteiger partial charge in [-0.15, -0.1) is 0 Å². The molecule has 0 radical (unpaired) electrons. The van der Waals surface area contributed by atoms with E-state index in [1.807, 2.05) is 38.1 Å². The second kappa shape index (κ2) is 6.85. The van der Waals surface area contributed by atoms with Gasteiger partial charge in [0.05, 0.1) is 17.8 Å². The molecule has 1 amide bonds. The van der Waals surface area contributed by atoms with Gasteiger partial charge >= 0.3 is 0 Å². The Labute approximate surface area is 120 Å². The van der Waals surface area contributed by atoms with Gasteiger partial charge in [0.2, 0.25) is 5.91 Å².